The van der Waals surface area contributed by atoms with Crippen LogP contribution in [0, 0.1) is 0 Å². The van der Waals surface area contributed by atoms with Crippen LogP contribution in [-0.4, -0.2) is 72.2 Å². The van der Waals surface area contributed by atoms with E-state index >= 15 is 0 Å². The summed E-state index contributed by atoms with van der Waals surface area (Å²) in [5, 5.41) is 0. The first-order valence-electron chi connectivity index (χ1n) is 8.67. The Morgan fingerprint density at radius 1 is 1.24 bits per heavy atom. The predicted octanol–water partition coefficient (Wildman–Crippen LogP) is 0.967. The van der Waals surface area contributed by atoms with E-state index in [2.05, 4.69) is 4.98 Å². The van der Waals surface area contributed by atoms with Gasteiger partial charge in [0.05, 0.1) is 22.6 Å². The molecule has 2 aliphatic heterocycles. The van der Waals surface area contributed by atoms with Crippen molar-refractivity contribution in [2.45, 2.75) is 32.2 Å². The zero-order chi connectivity index (χ0) is 18.0. The van der Waals surface area contributed by atoms with Crippen LogP contribution in [0.4, 0.5) is 0 Å². The third-order valence-corrected chi connectivity index (χ3v) is 6.63. The van der Waals surface area contributed by atoms with Crippen molar-refractivity contribution < 1.29 is 18.0 Å². The largest absolute Gasteiger partial charge is 0.339 e. The van der Waals surface area contributed by atoms with Crippen molar-refractivity contribution in [1.82, 2.24) is 14.8 Å². The second-order valence-electron chi connectivity index (χ2n) is 6.61. The Balaban J connectivity index is 1.79. The van der Waals surface area contributed by atoms with E-state index in [4.69, 9.17) is 0 Å². The van der Waals surface area contributed by atoms with Crippen LogP contribution in [0.1, 0.15) is 46.9 Å². The molecule has 25 heavy (non-hydrogen) atoms. The Morgan fingerprint density at radius 2 is 1.92 bits per heavy atom. The molecule has 1 unspecified atom stereocenters. The van der Waals surface area contributed by atoms with Crippen LogP contribution in [0.3, 0.4) is 0 Å². The third kappa shape index (κ3) is 3.84. The first-order chi connectivity index (χ1) is 11.9. The van der Waals surface area contributed by atoms with Gasteiger partial charge in [0.25, 0.3) is 11.8 Å². The smallest absolute Gasteiger partial charge is 0.255 e. The zero-order valence-electron chi connectivity index (χ0n) is 14.3. The van der Waals surface area contributed by atoms with Crippen molar-refractivity contribution >= 4 is 21.7 Å². The quantitative estimate of drug-likeness (QED) is 0.793. The Labute approximate surface area is 147 Å². The normalized spacial score (nSPS) is 22.1. The first kappa shape index (κ1) is 17.8. The fourth-order valence-electron chi connectivity index (χ4n) is 3.53. The summed E-state index contributed by atoms with van der Waals surface area (Å²) in [6.45, 7) is 3.72. The third-order valence-electron chi connectivity index (χ3n) is 4.88. The van der Waals surface area contributed by atoms with Crippen LogP contribution in [-0.2, 0) is 9.84 Å². The molecule has 2 saturated heterocycles. The number of hydrogen-bond acceptors (Lipinski definition) is 5. The number of aromatic nitrogens is 1. The van der Waals surface area contributed by atoms with Gasteiger partial charge in [0.2, 0.25) is 0 Å². The number of carbonyl (C=O) groups is 2. The van der Waals surface area contributed by atoms with Crippen LogP contribution >= 0.6 is 0 Å². The average Bonchev–Trinajstić information content (AvgIpc) is 3.25. The molecule has 0 aliphatic carbocycles. The molecule has 2 fully saturated rings. The molecule has 2 amide bonds. The van der Waals surface area contributed by atoms with Gasteiger partial charge in [-0.15, -0.1) is 0 Å². The van der Waals surface area contributed by atoms with E-state index in [-0.39, 0.29) is 29.4 Å². The number of amides is 2. The Kier molecular flexibility index (Phi) is 5.08. The highest BCUT2D eigenvalue weighted by Gasteiger charge is 2.34. The highest BCUT2D eigenvalue weighted by atomic mass is 32.2. The number of likely N-dealkylation sites (tertiary alicyclic amines) is 1. The van der Waals surface area contributed by atoms with Gasteiger partial charge in [-0.2, -0.15) is 0 Å². The van der Waals surface area contributed by atoms with E-state index in [0.717, 1.165) is 25.9 Å². The SMILES string of the molecule is CCN(C(=O)c1cncc(C(=O)N2CCCC2)c1)C1CCS(=O)(=O)C1. The maximum absolute atomic E-state index is 12.8. The minimum absolute atomic E-state index is 0.00636. The number of hydrogen-bond donors (Lipinski definition) is 0. The van der Waals surface area contributed by atoms with E-state index in [9.17, 15) is 18.0 Å². The second-order valence-corrected chi connectivity index (χ2v) is 8.84. The summed E-state index contributed by atoms with van der Waals surface area (Å²) in [5.74, 6) is -0.251. The number of sulfone groups is 1. The molecule has 7 nitrogen and oxygen atoms in total. The lowest BCUT2D eigenvalue weighted by Crippen LogP contribution is -2.41. The lowest BCUT2D eigenvalue weighted by molar-refractivity contribution is 0.0708. The lowest BCUT2D eigenvalue weighted by atomic mass is 10.1. The minimum atomic E-state index is -3.07. The van der Waals surface area contributed by atoms with Crippen LogP contribution in [0.25, 0.3) is 0 Å². The van der Waals surface area contributed by atoms with E-state index in [0.29, 0.717) is 24.1 Å². The maximum Gasteiger partial charge on any atom is 0.255 e. The predicted molar refractivity (Wildman–Crippen MR) is 93.1 cm³/mol. The fraction of sp³-hybridized carbons (Fsp3) is 0.588. The Bertz CT molecular complexity index is 772. The van der Waals surface area contributed by atoms with Crippen molar-refractivity contribution in [1.29, 1.82) is 0 Å². The van der Waals surface area contributed by atoms with E-state index in [1.54, 1.807) is 15.9 Å². The number of pyridine rings is 1. The Morgan fingerprint density at radius 3 is 2.52 bits per heavy atom. The van der Waals surface area contributed by atoms with E-state index in [1.165, 1.54) is 12.4 Å². The molecule has 3 heterocycles. The molecule has 0 saturated carbocycles. The van der Waals surface area contributed by atoms with Gasteiger partial charge in [0, 0.05) is 38.1 Å². The monoisotopic (exact) mass is 365 g/mol. The lowest BCUT2D eigenvalue weighted by Gasteiger charge is -2.27. The minimum Gasteiger partial charge on any atom is -0.339 e. The van der Waals surface area contributed by atoms with Crippen LogP contribution in [0.2, 0.25) is 0 Å². The highest BCUT2D eigenvalue weighted by molar-refractivity contribution is 7.91. The highest BCUT2D eigenvalue weighted by Crippen LogP contribution is 2.20. The molecule has 8 heteroatoms. The molecule has 1 atom stereocenters. The van der Waals surface area contributed by atoms with Crippen LogP contribution in [0.15, 0.2) is 18.5 Å². The van der Waals surface area contributed by atoms with Crippen molar-refractivity contribution in [2.75, 3.05) is 31.1 Å². The molecule has 0 aromatic carbocycles. The molecule has 0 spiro atoms. The summed E-state index contributed by atoms with van der Waals surface area (Å²) in [6.07, 6.45) is 5.37. The summed E-state index contributed by atoms with van der Waals surface area (Å²) in [4.78, 5) is 32.7. The van der Waals surface area contributed by atoms with Gasteiger partial charge in [0.15, 0.2) is 9.84 Å². The van der Waals surface area contributed by atoms with Crippen molar-refractivity contribution in [2.24, 2.45) is 0 Å². The molecule has 0 radical (unpaired) electrons. The molecule has 3 rings (SSSR count). The molecule has 136 valence electrons. The van der Waals surface area contributed by atoms with Crippen LogP contribution < -0.4 is 0 Å². The summed E-state index contributed by atoms with van der Waals surface area (Å²) >= 11 is 0. The van der Waals surface area contributed by atoms with Crippen molar-refractivity contribution in [3.8, 4) is 0 Å². The summed E-state index contributed by atoms with van der Waals surface area (Å²) < 4.78 is 23.4. The van der Waals surface area contributed by atoms with E-state index in [1.807, 2.05) is 6.92 Å². The molecule has 0 N–H and O–H groups in total. The zero-order valence-corrected chi connectivity index (χ0v) is 15.2. The fourth-order valence-corrected chi connectivity index (χ4v) is 5.26. The summed E-state index contributed by atoms with van der Waals surface area (Å²) in [7, 11) is -3.07. The molecular formula is C17H23N3O4S. The standard InChI is InChI=1S/C17H23N3O4S/c1-2-20(15-5-8-25(23,24)12-15)17(22)14-9-13(10-18-11-14)16(21)19-6-3-4-7-19/h9-11,15H,2-8,12H2,1H3. The molecule has 1 aromatic heterocycles. The molecule has 2 aliphatic rings. The van der Waals surface area contributed by atoms with E-state index < -0.39 is 9.84 Å². The number of carbonyl (C=O) groups excluding carboxylic acids is 2. The second kappa shape index (κ2) is 7.11. The van der Waals surface area contributed by atoms with Gasteiger partial charge >= 0.3 is 0 Å². The summed E-state index contributed by atoms with van der Waals surface area (Å²) in [6, 6.07) is 1.27. The first-order valence-corrected chi connectivity index (χ1v) is 10.5. The number of nitrogens with zero attached hydrogens (tertiary/aromatic N) is 3. The van der Waals surface area contributed by atoms with Crippen molar-refractivity contribution in [3.63, 3.8) is 0 Å². The topological polar surface area (TPSA) is 87.7 Å². The van der Waals surface area contributed by atoms with Crippen LogP contribution in [0.5, 0.6) is 0 Å². The van der Waals surface area contributed by atoms with Gasteiger partial charge in [0.1, 0.15) is 0 Å². The molecular weight excluding hydrogens is 342 g/mol. The average molecular weight is 365 g/mol. The Hall–Kier alpha value is -1.96. The molecule has 1 aromatic rings. The van der Waals surface area contributed by atoms with Gasteiger partial charge in [-0.3, -0.25) is 14.6 Å². The van der Waals surface area contributed by atoms with Gasteiger partial charge < -0.3 is 9.80 Å². The van der Waals surface area contributed by atoms with Crippen molar-refractivity contribution in [3.05, 3.63) is 29.6 Å². The maximum atomic E-state index is 12.8. The van der Waals surface area contributed by atoms with Gasteiger partial charge in [-0.25, -0.2) is 8.42 Å². The molecule has 0 bridgehead atoms. The number of rotatable bonds is 4. The van der Waals surface area contributed by atoms with Gasteiger partial charge in [-0.05, 0) is 32.3 Å². The van der Waals surface area contributed by atoms with Gasteiger partial charge in [-0.1, -0.05) is 0 Å². The summed E-state index contributed by atoms with van der Waals surface area (Å²) in [5.41, 5.74) is 0.735.